The third-order valence-electron chi connectivity index (χ3n) is 4.28. The second-order valence-electron chi connectivity index (χ2n) is 4.96. The molecule has 0 spiro atoms. The third kappa shape index (κ3) is 1.51. The Bertz CT molecular complexity index is 513. The lowest BCUT2D eigenvalue weighted by atomic mass is 9.73. The molecule has 0 heteroatoms. The van der Waals surface area contributed by atoms with Gasteiger partial charge in [-0.15, -0.1) is 0 Å². The van der Waals surface area contributed by atoms with E-state index < -0.39 is 0 Å². The van der Waals surface area contributed by atoms with E-state index in [1.165, 1.54) is 24.8 Å². The van der Waals surface area contributed by atoms with Gasteiger partial charge >= 0.3 is 0 Å². The van der Waals surface area contributed by atoms with Gasteiger partial charge in [-0.05, 0) is 36.0 Å². The maximum Gasteiger partial charge on any atom is 0.0206 e. The molecule has 2 aromatic rings. The van der Waals surface area contributed by atoms with Gasteiger partial charge in [0, 0.05) is 5.41 Å². The molecule has 0 heterocycles. The molecule has 86 valence electrons. The molecule has 0 aromatic heterocycles. The molecule has 0 nitrogen and oxygen atoms in total. The fraction of sp³-hybridized carbons (Fsp3) is 0.294. The molecular weight excluding hydrogens is 204 g/mol. The highest BCUT2D eigenvalue weighted by atomic mass is 14.4. The van der Waals surface area contributed by atoms with Gasteiger partial charge in [0.2, 0.25) is 0 Å². The van der Waals surface area contributed by atoms with Crippen molar-refractivity contribution in [3.05, 3.63) is 71.3 Å². The fourth-order valence-corrected chi connectivity index (χ4v) is 3.32. The third-order valence-corrected chi connectivity index (χ3v) is 4.28. The van der Waals surface area contributed by atoms with Crippen molar-refractivity contribution >= 4 is 0 Å². The Morgan fingerprint density at radius 3 is 2.41 bits per heavy atom. The molecule has 0 radical (unpaired) electrons. The smallest absolute Gasteiger partial charge is 0.0206 e. The van der Waals surface area contributed by atoms with E-state index in [0.29, 0.717) is 0 Å². The Kier molecular flexibility index (Phi) is 2.51. The van der Waals surface area contributed by atoms with Crippen molar-refractivity contribution in [2.75, 3.05) is 0 Å². The van der Waals surface area contributed by atoms with Gasteiger partial charge in [0.15, 0.2) is 0 Å². The first-order valence-electron chi connectivity index (χ1n) is 6.51. The number of hydrogen-bond acceptors (Lipinski definition) is 0. The van der Waals surface area contributed by atoms with Crippen LogP contribution in [0.3, 0.4) is 0 Å². The van der Waals surface area contributed by atoms with Crippen LogP contribution in [0.25, 0.3) is 0 Å². The molecule has 1 atom stereocenters. The first kappa shape index (κ1) is 10.6. The Balaban J connectivity index is 2.18. The number of rotatable bonds is 2. The maximum atomic E-state index is 2.32. The molecule has 0 fully saturated rings. The van der Waals surface area contributed by atoms with Crippen LogP contribution in [0.2, 0.25) is 0 Å². The van der Waals surface area contributed by atoms with Crippen LogP contribution in [0.4, 0.5) is 0 Å². The summed E-state index contributed by atoms with van der Waals surface area (Å²) in [5.74, 6) is 0. The lowest BCUT2D eigenvalue weighted by Gasteiger charge is -2.30. The standard InChI is InChI=1S/C17H18/c1-2-17(15-9-4-3-5-10-15)13-12-14-8-6-7-11-16(14)17/h3-11H,2,12-13H2,1H3. The highest BCUT2D eigenvalue weighted by molar-refractivity contribution is 5.47. The molecule has 0 saturated heterocycles. The van der Waals surface area contributed by atoms with Crippen molar-refractivity contribution < 1.29 is 0 Å². The summed E-state index contributed by atoms with van der Waals surface area (Å²) in [6, 6.07) is 19.9. The summed E-state index contributed by atoms with van der Waals surface area (Å²) in [5.41, 5.74) is 4.83. The summed E-state index contributed by atoms with van der Waals surface area (Å²) in [5, 5.41) is 0. The average Bonchev–Trinajstić information content (AvgIpc) is 2.80. The average molecular weight is 222 g/mol. The molecule has 0 N–H and O–H groups in total. The predicted molar refractivity (Wildman–Crippen MR) is 72.3 cm³/mol. The largest absolute Gasteiger partial charge is 0.0642 e. The van der Waals surface area contributed by atoms with Gasteiger partial charge in [-0.1, -0.05) is 61.5 Å². The molecule has 1 unspecified atom stereocenters. The zero-order valence-corrected chi connectivity index (χ0v) is 10.3. The van der Waals surface area contributed by atoms with E-state index in [1.807, 2.05) is 0 Å². The minimum Gasteiger partial charge on any atom is -0.0642 e. The molecule has 2 aromatic carbocycles. The van der Waals surface area contributed by atoms with Crippen molar-refractivity contribution in [3.8, 4) is 0 Å². The second kappa shape index (κ2) is 4.03. The van der Waals surface area contributed by atoms with Crippen LogP contribution in [0.15, 0.2) is 54.6 Å². The van der Waals surface area contributed by atoms with Gasteiger partial charge in [0.25, 0.3) is 0 Å². The summed E-state index contributed by atoms with van der Waals surface area (Å²) in [6.07, 6.45) is 3.67. The normalized spacial score (nSPS) is 22.4. The summed E-state index contributed by atoms with van der Waals surface area (Å²) in [6.45, 7) is 2.31. The lowest BCUT2D eigenvalue weighted by molar-refractivity contribution is 0.493. The number of benzene rings is 2. The quantitative estimate of drug-likeness (QED) is 0.709. The first-order chi connectivity index (χ1) is 8.37. The number of hydrogen-bond donors (Lipinski definition) is 0. The molecule has 1 aliphatic rings. The minimum absolute atomic E-state index is 0.262. The predicted octanol–water partition coefficient (Wildman–Crippen LogP) is 4.33. The van der Waals surface area contributed by atoms with Crippen molar-refractivity contribution in [1.29, 1.82) is 0 Å². The van der Waals surface area contributed by atoms with E-state index in [9.17, 15) is 0 Å². The number of aryl methyl sites for hydroxylation is 1. The van der Waals surface area contributed by atoms with Gasteiger partial charge in [-0.2, -0.15) is 0 Å². The van der Waals surface area contributed by atoms with Gasteiger partial charge in [-0.25, -0.2) is 0 Å². The van der Waals surface area contributed by atoms with Gasteiger partial charge in [-0.3, -0.25) is 0 Å². The van der Waals surface area contributed by atoms with E-state index in [2.05, 4.69) is 61.5 Å². The lowest BCUT2D eigenvalue weighted by Crippen LogP contribution is -2.23. The monoisotopic (exact) mass is 222 g/mol. The van der Waals surface area contributed by atoms with Crippen molar-refractivity contribution in [2.45, 2.75) is 31.6 Å². The second-order valence-corrected chi connectivity index (χ2v) is 4.96. The van der Waals surface area contributed by atoms with E-state index >= 15 is 0 Å². The van der Waals surface area contributed by atoms with Crippen LogP contribution in [0, 0.1) is 0 Å². The SMILES string of the molecule is CCC1(c2ccccc2)CCc2ccccc21. The molecule has 3 rings (SSSR count). The summed E-state index contributed by atoms with van der Waals surface area (Å²) < 4.78 is 0. The van der Waals surface area contributed by atoms with Crippen molar-refractivity contribution in [2.24, 2.45) is 0 Å². The van der Waals surface area contributed by atoms with E-state index in [0.717, 1.165) is 0 Å². The van der Waals surface area contributed by atoms with Crippen LogP contribution >= 0.6 is 0 Å². The zero-order chi connectivity index (χ0) is 11.7. The van der Waals surface area contributed by atoms with Crippen molar-refractivity contribution in [3.63, 3.8) is 0 Å². The Labute approximate surface area is 103 Å². The van der Waals surface area contributed by atoms with Crippen LogP contribution in [-0.4, -0.2) is 0 Å². The van der Waals surface area contributed by atoms with Crippen LogP contribution in [0.1, 0.15) is 36.5 Å². The Morgan fingerprint density at radius 1 is 0.941 bits per heavy atom. The minimum atomic E-state index is 0.262. The molecule has 1 aliphatic carbocycles. The molecule has 0 aliphatic heterocycles. The van der Waals surface area contributed by atoms with Crippen LogP contribution in [-0.2, 0) is 11.8 Å². The van der Waals surface area contributed by atoms with Crippen molar-refractivity contribution in [1.82, 2.24) is 0 Å². The highest BCUT2D eigenvalue weighted by Gasteiger charge is 2.38. The summed E-state index contributed by atoms with van der Waals surface area (Å²) in [4.78, 5) is 0. The highest BCUT2D eigenvalue weighted by Crippen LogP contribution is 2.46. The molecule has 17 heavy (non-hydrogen) atoms. The zero-order valence-electron chi connectivity index (χ0n) is 10.3. The molecule has 0 amide bonds. The Morgan fingerprint density at radius 2 is 1.65 bits per heavy atom. The maximum absolute atomic E-state index is 2.32. The summed E-state index contributed by atoms with van der Waals surface area (Å²) >= 11 is 0. The Hall–Kier alpha value is -1.56. The van der Waals surface area contributed by atoms with Crippen LogP contribution < -0.4 is 0 Å². The van der Waals surface area contributed by atoms with E-state index in [-0.39, 0.29) is 5.41 Å². The molecule has 0 bridgehead atoms. The molecule has 0 saturated carbocycles. The number of fused-ring (bicyclic) bond motifs is 1. The topological polar surface area (TPSA) is 0 Å². The van der Waals surface area contributed by atoms with E-state index in [4.69, 9.17) is 0 Å². The van der Waals surface area contributed by atoms with Gasteiger partial charge in [0.05, 0.1) is 0 Å². The van der Waals surface area contributed by atoms with Gasteiger partial charge < -0.3 is 0 Å². The van der Waals surface area contributed by atoms with Gasteiger partial charge in [0.1, 0.15) is 0 Å². The fourth-order valence-electron chi connectivity index (χ4n) is 3.32. The first-order valence-corrected chi connectivity index (χ1v) is 6.51. The molecular formula is C17H18. The van der Waals surface area contributed by atoms with E-state index in [1.54, 1.807) is 11.1 Å². The summed E-state index contributed by atoms with van der Waals surface area (Å²) in [7, 11) is 0. The van der Waals surface area contributed by atoms with Crippen LogP contribution in [0.5, 0.6) is 0 Å².